The van der Waals surface area contributed by atoms with Crippen LogP contribution in [-0.4, -0.2) is 19.7 Å². The highest BCUT2D eigenvalue weighted by molar-refractivity contribution is 5.19. The van der Waals surface area contributed by atoms with E-state index >= 15 is 0 Å². The molecule has 0 spiro atoms. The summed E-state index contributed by atoms with van der Waals surface area (Å²) >= 11 is 0. The van der Waals surface area contributed by atoms with Gasteiger partial charge in [-0.15, -0.1) is 0 Å². The van der Waals surface area contributed by atoms with E-state index in [2.05, 4.69) is 15.1 Å². The van der Waals surface area contributed by atoms with Gasteiger partial charge in [-0.3, -0.25) is 0 Å². The Morgan fingerprint density at radius 3 is 2.80 bits per heavy atom. The van der Waals surface area contributed by atoms with Crippen molar-refractivity contribution in [2.75, 3.05) is 0 Å². The summed E-state index contributed by atoms with van der Waals surface area (Å²) in [6.07, 6.45) is 1.70. The van der Waals surface area contributed by atoms with Crippen molar-refractivity contribution in [1.29, 1.82) is 0 Å². The summed E-state index contributed by atoms with van der Waals surface area (Å²) < 4.78 is 1.72. The number of hydrogen-bond donors (Lipinski definition) is 1. The first-order valence-electron chi connectivity index (χ1n) is 4.76. The number of hydrogen-bond acceptors (Lipinski definition) is 4. The third kappa shape index (κ3) is 1.87. The maximum Gasteiger partial charge on any atom is 0.250 e. The van der Waals surface area contributed by atoms with Crippen LogP contribution in [0.2, 0.25) is 0 Å². The minimum Gasteiger partial charge on any atom is -0.325 e. The molecule has 15 heavy (non-hydrogen) atoms. The predicted molar refractivity (Wildman–Crippen MR) is 56.5 cm³/mol. The molecule has 2 aromatic heterocycles. The van der Waals surface area contributed by atoms with Gasteiger partial charge >= 0.3 is 0 Å². The number of nitrogens with two attached hydrogens (primary N) is 1. The Bertz CT molecular complexity index is 474. The Morgan fingerprint density at radius 2 is 2.20 bits per heavy atom. The summed E-state index contributed by atoms with van der Waals surface area (Å²) in [4.78, 5) is 8.47. The van der Waals surface area contributed by atoms with Crippen molar-refractivity contribution in [3.8, 4) is 5.95 Å². The molecule has 5 heteroatoms. The van der Waals surface area contributed by atoms with E-state index in [0.717, 1.165) is 17.1 Å². The van der Waals surface area contributed by atoms with Crippen LogP contribution in [-0.2, 0) is 6.54 Å². The van der Waals surface area contributed by atoms with E-state index in [4.69, 9.17) is 5.73 Å². The molecule has 0 radical (unpaired) electrons. The van der Waals surface area contributed by atoms with E-state index < -0.39 is 0 Å². The Balaban J connectivity index is 2.49. The highest BCUT2D eigenvalue weighted by Crippen LogP contribution is 2.07. The smallest absolute Gasteiger partial charge is 0.250 e. The topological polar surface area (TPSA) is 69.6 Å². The first-order chi connectivity index (χ1) is 7.20. The molecule has 0 aliphatic heterocycles. The predicted octanol–water partition coefficient (Wildman–Crippen LogP) is 0.738. The summed E-state index contributed by atoms with van der Waals surface area (Å²) in [6.45, 7) is 4.32. The second-order valence-electron chi connectivity index (χ2n) is 3.39. The van der Waals surface area contributed by atoms with E-state index in [0.29, 0.717) is 12.5 Å². The van der Waals surface area contributed by atoms with Gasteiger partial charge in [-0.05, 0) is 26.0 Å². The molecule has 2 N–H and O–H groups in total. The van der Waals surface area contributed by atoms with E-state index in [1.54, 1.807) is 16.9 Å². The van der Waals surface area contributed by atoms with E-state index in [1.807, 2.05) is 19.9 Å². The summed E-state index contributed by atoms with van der Waals surface area (Å²) in [6, 6.07) is 3.79. The lowest BCUT2D eigenvalue weighted by atomic mass is 10.4. The molecule has 78 valence electrons. The van der Waals surface area contributed by atoms with Crippen molar-refractivity contribution >= 4 is 0 Å². The van der Waals surface area contributed by atoms with Crippen molar-refractivity contribution in [2.45, 2.75) is 20.4 Å². The zero-order chi connectivity index (χ0) is 10.8. The summed E-state index contributed by atoms with van der Waals surface area (Å²) in [5.74, 6) is 0.573. The normalized spacial score (nSPS) is 10.6. The second kappa shape index (κ2) is 3.78. The minimum absolute atomic E-state index is 0.412. The monoisotopic (exact) mass is 203 g/mol. The Kier molecular flexibility index (Phi) is 2.47. The average Bonchev–Trinajstić information content (AvgIpc) is 2.58. The molecule has 2 aromatic rings. The first kappa shape index (κ1) is 9.79. The fraction of sp³-hybridized carbons (Fsp3) is 0.300. The lowest BCUT2D eigenvalue weighted by molar-refractivity contribution is 0.761. The molecule has 0 aliphatic carbocycles. The van der Waals surface area contributed by atoms with Gasteiger partial charge in [-0.25, -0.2) is 14.6 Å². The molecule has 2 heterocycles. The van der Waals surface area contributed by atoms with E-state index in [9.17, 15) is 0 Å². The van der Waals surface area contributed by atoms with Crippen molar-refractivity contribution in [2.24, 2.45) is 5.73 Å². The molecule has 2 rings (SSSR count). The molecule has 0 fully saturated rings. The molecule has 0 unspecified atom stereocenters. The molecule has 0 amide bonds. The Labute approximate surface area is 88.0 Å². The Hall–Kier alpha value is -1.75. The molecule has 0 saturated heterocycles. The van der Waals surface area contributed by atoms with Gasteiger partial charge < -0.3 is 5.73 Å². The minimum atomic E-state index is 0.412. The van der Waals surface area contributed by atoms with Crippen LogP contribution in [0.3, 0.4) is 0 Å². The van der Waals surface area contributed by atoms with Gasteiger partial charge in [0.1, 0.15) is 0 Å². The van der Waals surface area contributed by atoms with Crippen LogP contribution in [0.5, 0.6) is 0 Å². The maximum atomic E-state index is 5.52. The van der Waals surface area contributed by atoms with Crippen molar-refractivity contribution in [1.82, 2.24) is 19.7 Å². The lowest BCUT2D eigenvalue weighted by Gasteiger charge is -2.03. The van der Waals surface area contributed by atoms with Crippen LogP contribution < -0.4 is 5.73 Å². The molecule has 0 aliphatic rings. The van der Waals surface area contributed by atoms with E-state index in [1.165, 1.54) is 0 Å². The largest absolute Gasteiger partial charge is 0.325 e. The summed E-state index contributed by atoms with van der Waals surface area (Å²) in [5.41, 5.74) is 8.30. The van der Waals surface area contributed by atoms with Crippen molar-refractivity contribution in [3.05, 3.63) is 35.4 Å². The Morgan fingerprint density at radius 1 is 1.40 bits per heavy atom. The van der Waals surface area contributed by atoms with Crippen molar-refractivity contribution < 1.29 is 0 Å². The third-order valence-electron chi connectivity index (χ3n) is 2.11. The highest BCUT2D eigenvalue weighted by atomic mass is 15.4. The zero-order valence-corrected chi connectivity index (χ0v) is 8.81. The summed E-state index contributed by atoms with van der Waals surface area (Å²) in [5, 5.41) is 4.31. The van der Waals surface area contributed by atoms with Crippen LogP contribution >= 0.6 is 0 Å². The molecular formula is C10H13N5. The van der Waals surface area contributed by atoms with Crippen LogP contribution in [0.25, 0.3) is 5.95 Å². The number of aromatic nitrogens is 4. The zero-order valence-electron chi connectivity index (χ0n) is 8.81. The quantitative estimate of drug-likeness (QED) is 0.781. The molecular weight excluding hydrogens is 190 g/mol. The number of rotatable bonds is 2. The first-order valence-corrected chi connectivity index (χ1v) is 4.76. The standard InChI is InChI=1S/C10H13N5/c1-7-5-8(2)15(14-7)10-12-4-3-9(6-11)13-10/h3-5H,6,11H2,1-2H3. The molecule has 5 nitrogen and oxygen atoms in total. The average molecular weight is 203 g/mol. The molecule has 0 aromatic carbocycles. The van der Waals surface area contributed by atoms with Crippen LogP contribution in [0.1, 0.15) is 17.1 Å². The molecule has 0 saturated carbocycles. The number of aryl methyl sites for hydroxylation is 2. The number of nitrogens with zero attached hydrogens (tertiary/aromatic N) is 4. The van der Waals surface area contributed by atoms with Crippen molar-refractivity contribution in [3.63, 3.8) is 0 Å². The van der Waals surface area contributed by atoms with Crippen LogP contribution in [0.15, 0.2) is 18.3 Å². The maximum absolute atomic E-state index is 5.52. The van der Waals surface area contributed by atoms with Gasteiger partial charge in [0.15, 0.2) is 0 Å². The highest BCUT2D eigenvalue weighted by Gasteiger charge is 2.06. The molecule has 0 bridgehead atoms. The van der Waals surface area contributed by atoms with E-state index in [-0.39, 0.29) is 0 Å². The van der Waals surface area contributed by atoms with Gasteiger partial charge in [-0.1, -0.05) is 0 Å². The van der Waals surface area contributed by atoms with Gasteiger partial charge in [0.2, 0.25) is 0 Å². The lowest BCUT2D eigenvalue weighted by Crippen LogP contribution is -2.08. The van der Waals surface area contributed by atoms with Gasteiger partial charge in [-0.2, -0.15) is 5.10 Å². The summed E-state index contributed by atoms with van der Waals surface area (Å²) in [7, 11) is 0. The fourth-order valence-electron chi connectivity index (χ4n) is 1.43. The SMILES string of the molecule is Cc1cc(C)n(-c2nccc(CN)n2)n1. The molecule has 0 atom stereocenters. The second-order valence-corrected chi connectivity index (χ2v) is 3.39. The van der Waals surface area contributed by atoms with Crippen LogP contribution in [0.4, 0.5) is 0 Å². The van der Waals surface area contributed by atoms with Gasteiger partial charge in [0.05, 0.1) is 11.4 Å². The third-order valence-corrected chi connectivity index (χ3v) is 2.11. The van der Waals surface area contributed by atoms with Gasteiger partial charge in [0.25, 0.3) is 5.95 Å². The van der Waals surface area contributed by atoms with Crippen LogP contribution in [0, 0.1) is 13.8 Å². The van der Waals surface area contributed by atoms with Gasteiger partial charge in [0, 0.05) is 18.4 Å². The fourth-order valence-corrected chi connectivity index (χ4v) is 1.43.